The second kappa shape index (κ2) is 6.46. The molecule has 1 N–H and O–H groups in total. The zero-order valence-corrected chi connectivity index (χ0v) is 12.6. The van der Waals surface area contributed by atoms with Crippen LogP contribution in [0.2, 0.25) is 0 Å². The Hall–Kier alpha value is -1.65. The lowest BCUT2D eigenvalue weighted by Crippen LogP contribution is -2.49. The van der Waals surface area contributed by atoms with E-state index >= 15 is 0 Å². The summed E-state index contributed by atoms with van der Waals surface area (Å²) >= 11 is 0. The van der Waals surface area contributed by atoms with Gasteiger partial charge in [0.05, 0.1) is 36.1 Å². The van der Waals surface area contributed by atoms with E-state index in [0.717, 1.165) is 16.4 Å². The number of carboxylic acid groups (broad SMARTS) is 1. The number of morpholine rings is 1. The summed E-state index contributed by atoms with van der Waals surface area (Å²) in [6.45, 7) is -0.0382. The van der Waals surface area contributed by atoms with Gasteiger partial charge in [0.1, 0.15) is 0 Å². The Bertz CT molecular complexity index is 672. The van der Waals surface area contributed by atoms with Gasteiger partial charge in [0.2, 0.25) is 10.0 Å². The molecule has 0 bridgehead atoms. The quantitative estimate of drug-likeness (QED) is 0.888. The Morgan fingerprint density at radius 2 is 1.91 bits per heavy atom. The topological polar surface area (TPSA) is 83.9 Å². The van der Waals surface area contributed by atoms with Crippen LogP contribution in [0.3, 0.4) is 0 Å². The molecule has 1 saturated heterocycles. The average Bonchev–Trinajstić information content (AvgIpc) is 2.46. The molecule has 1 aromatic carbocycles. The van der Waals surface area contributed by atoms with E-state index in [2.05, 4.69) is 0 Å². The van der Waals surface area contributed by atoms with Gasteiger partial charge in [0.15, 0.2) is 0 Å². The minimum atomic E-state index is -4.56. The molecule has 1 fully saturated rings. The monoisotopic (exact) mass is 353 g/mol. The highest BCUT2D eigenvalue weighted by Gasteiger charge is 2.36. The van der Waals surface area contributed by atoms with Gasteiger partial charge in [-0.1, -0.05) is 0 Å². The van der Waals surface area contributed by atoms with Crippen molar-refractivity contribution >= 4 is 16.0 Å². The van der Waals surface area contributed by atoms with Crippen LogP contribution in [0.25, 0.3) is 0 Å². The molecule has 1 aromatic rings. The molecule has 0 amide bonds. The Labute approximate surface area is 130 Å². The van der Waals surface area contributed by atoms with Crippen LogP contribution in [-0.2, 0) is 25.7 Å². The second-order valence-corrected chi connectivity index (χ2v) is 6.86. The van der Waals surface area contributed by atoms with Gasteiger partial charge in [-0.15, -0.1) is 0 Å². The normalized spacial score (nSPS) is 20.4. The van der Waals surface area contributed by atoms with Crippen LogP contribution < -0.4 is 0 Å². The second-order valence-electron chi connectivity index (χ2n) is 4.96. The molecule has 0 spiro atoms. The van der Waals surface area contributed by atoms with Gasteiger partial charge in [-0.2, -0.15) is 17.5 Å². The Balaban J connectivity index is 2.30. The van der Waals surface area contributed by atoms with E-state index in [-0.39, 0.29) is 24.7 Å². The van der Waals surface area contributed by atoms with Crippen molar-refractivity contribution < 1.29 is 36.2 Å². The lowest BCUT2D eigenvalue weighted by molar-refractivity contribution is -0.139. The first-order valence-electron chi connectivity index (χ1n) is 6.61. The van der Waals surface area contributed by atoms with Gasteiger partial charge >= 0.3 is 12.1 Å². The van der Waals surface area contributed by atoms with E-state index in [1.807, 2.05) is 0 Å². The largest absolute Gasteiger partial charge is 0.481 e. The van der Waals surface area contributed by atoms with Crippen molar-refractivity contribution in [3.05, 3.63) is 29.8 Å². The molecule has 23 heavy (non-hydrogen) atoms. The van der Waals surface area contributed by atoms with Gasteiger partial charge < -0.3 is 9.84 Å². The maximum absolute atomic E-state index is 12.5. The Morgan fingerprint density at radius 3 is 2.43 bits per heavy atom. The third kappa shape index (κ3) is 4.01. The Morgan fingerprint density at radius 1 is 1.30 bits per heavy atom. The van der Waals surface area contributed by atoms with E-state index in [1.165, 1.54) is 0 Å². The molecule has 1 aliphatic heterocycles. The standard InChI is InChI=1S/C13H14F3NO5S/c14-13(15,16)9-1-3-11(4-2-9)23(20,21)17-5-6-22-8-10(17)7-12(18)19/h1-4,10H,5-8H2,(H,18,19). The number of ether oxygens (including phenoxy) is 1. The number of alkyl halides is 3. The number of benzene rings is 1. The van der Waals surface area contributed by atoms with Gasteiger partial charge in [-0.3, -0.25) is 4.79 Å². The van der Waals surface area contributed by atoms with E-state index in [0.29, 0.717) is 12.1 Å². The van der Waals surface area contributed by atoms with Crippen molar-refractivity contribution in [2.75, 3.05) is 19.8 Å². The Kier molecular flexibility index (Phi) is 4.97. The minimum Gasteiger partial charge on any atom is -0.481 e. The summed E-state index contributed by atoms with van der Waals surface area (Å²) in [5, 5.41) is 8.84. The van der Waals surface area contributed by atoms with Gasteiger partial charge in [-0.25, -0.2) is 8.42 Å². The maximum atomic E-state index is 12.5. The van der Waals surface area contributed by atoms with Gasteiger partial charge in [-0.05, 0) is 24.3 Å². The van der Waals surface area contributed by atoms with E-state index in [4.69, 9.17) is 9.84 Å². The van der Waals surface area contributed by atoms with E-state index in [9.17, 15) is 26.4 Å². The third-order valence-corrected chi connectivity index (χ3v) is 5.34. The molecular formula is C13H14F3NO5S. The smallest absolute Gasteiger partial charge is 0.416 e. The highest BCUT2D eigenvalue weighted by molar-refractivity contribution is 7.89. The molecule has 128 valence electrons. The number of carbonyl (C=O) groups is 1. The highest BCUT2D eigenvalue weighted by Crippen LogP contribution is 2.30. The molecular weight excluding hydrogens is 339 g/mol. The molecule has 1 aliphatic rings. The predicted molar refractivity (Wildman–Crippen MR) is 72.2 cm³/mol. The molecule has 0 saturated carbocycles. The molecule has 0 aromatic heterocycles. The predicted octanol–water partition coefficient (Wildman–Crippen LogP) is 1.57. The first-order valence-corrected chi connectivity index (χ1v) is 8.05. The average molecular weight is 353 g/mol. The number of hydrogen-bond acceptors (Lipinski definition) is 4. The first-order chi connectivity index (χ1) is 10.6. The number of halogens is 3. The summed E-state index contributed by atoms with van der Waals surface area (Å²) in [6, 6.07) is 2.20. The van der Waals surface area contributed by atoms with E-state index in [1.54, 1.807) is 0 Å². The summed E-state index contributed by atoms with van der Waals surface area (Å²) in [7, 11) is -4.10. The number of sulfonamides is 1. The summed E-state index contributed by atoms with van der Waals surface area (Å²) in [4.78, 5) is 10.5. The molecule has 2 rings (SSSR count). The van der Waals surface area contributed by atoms with Crippen molar-refractivity contribution in [3.63, 3.8) is 0 Å². The van der Waals surface area contributed by atoms with Crippen molar-refractivity contribution in [2.24, 2.45) is 0 Å². The number of rotatable bonds is 4. The summed E-state index contributed by atoms with van der Waals surface area (Å²) in [6.07, 6.45) is -5.01. The third-order valence-electron chi connectivity index (χ3n) is 3.37. The van der Waals surface area contributed by atoms with Crippen LogP contribution in [-0.4, -0.2) is 49.6 Å². The maximum Gasteiger partial charge on any atom is 0.416 e. The van der Waals surface area contributed by atoms with Crippen LogP contribution in [0.4, 0.5) is 13.2 Å². The molecule has 1 unspecified atom stereocenters. The molecule has 0 radical (unpaired) electrons. The molecule has 6 nitrogen and oxygen atoms in total. The molecule has 1 heterocycles. The van der Waals surface area contributed by atoms with Crippen LogP contribution >= 0.6 is 0 Å². The fourth-order valence-corrected chi connectivity index (χ4v) is 3.86. The van der Waals surface area contributed by atoms with Crippen LogP contribution in [0, 0.1) is 0 Å². The number of hydrogen-bond donors (Lipinski definition) is 1. The SMILES string of the molecule is O=C(O)CC1COCCN1S(=O)(=O)c1ccc(C(F)(F)F)cc1. The zero-order chi connectivity index (χ0) is 17.3. The first kappa shape index (κ1) is 17.7. The number of nitrogens with zero attached hydrogens (tertiary/aromatic N) is 1. The van der Waals surface area contributed by atoms with Crippen molar-refractivity contribution in [1.82, 2.24) is 4.31 Å². The van der Waals surface area contributed by atoms with Crippen LogP contribution in [0.15, 0.2) is 29.2 Å². The number of aliphatic carboxylic acids is 1. The van der Waals surface area contributed by atoms with Crippen LogP contribution in [0.5, 0.6) is 0 Å². The van der Waals surface area contributed by atoms with Crippen molar-refractivity contribution in [2.45, 2.75) is 23.5 Å². The highest BCUT2D eigenvalue weighted by atomic mass is 32.2. The summed E-state index contributed by atoms with van der Waals surface area (Å²) < 4.78 is 68.7. The van der Waals surface area contributed by atoms with Crippen LogP contribution in [0.1, 0.15) is 12.0 Å². The fourth-order valence-electron chi connectivity index (χ4n) is 2.27. The molecule has 1 atom stereocenters. The van der Waals surface area contributed by atoms with Gasteiger partial charge in [0.25, 0.3) is 0 Å². The summed E-state index contributed by atoms with van der Waals surface area (Å²) in [5.74, 6) is -1.19. The molecule has 0 aliphatic carbocycles. The van der Waals surface area contributed by atoms with E-state index < -0.39 is 40.2 Å². The van der Waals surface area contributed by atoms with Gasteiger partial charge in [0, 0.05) is 6.54 Å². The summed E-state index contributed by atoms with van der Waals surface area (Å²) in [5.41, 5.74) is -0.958. The van der Waals surface area contributed by atoms with Crippen molar-refractivity contribution in [1.29, 1.82) is 0 Å². The van der Waals surface area contributed by atoms with Crippen molar-refractivity contribution in [3.8, 4) is 0 Å². The minimum absolute atomic E-state index is 0.0543. The fraction of sp³-hybridized carbons (Fsp3) is 0.462. The molecule has 10 heteroatoms. The number of carboxylic acids is 1. The lowest BCUT2D eigenvalue weighted by atomic mass is 10.2. The zero-order valence-electron chi connectivity index (χ0n) is 11.8. The lowest BCUT2D eigenvalue weighted by Gasteiger charge is -2.33.